The summed E-state index contributed by atoms with van der Waals surface area (Å²) >= 11 is 3.07. The van der Waals surface area contributed by atoms with E-state index >= 15 is 0 Å². The van der Waals surface area contributed by atoms with E-state index in [1.807, 2.05) is 5.38 Å². The van der Waals surface area contributed by atoms with Gasteiger partial charge in [0.05, 0.1) is 30.2 Å². The average Bonchev–Trinajstić information content (AvgIpc) is 2.83. The minimum absolute atomic E-state index is 0.197. The molecule has 1 aromatic rings. The molecule has 1 saturated heterocycles. The molecule has 118 valence electrons. The molecule has 1 atom stereocenters. The Morgan fingerprint density at radius 1 is 1.57 bits per heavy atom. The maximum absolute atomic E-state index is 11.6. The lowest BCUT2D eigenvalue weighted by Crippen LogP contribution is -2.26. The zero-order valence-electron chi connectivity index (χ0n) is 11.9. The molecular formula is C13H19NO4S3. The van der Waals surface area contributed by atoms with Gasteiger partial charge >= 0.3 is 5.97 Å². The van der Waals surface area contributed by atoms with Crippen molar-refractivity contribution in [3.63, 3.8) is 0 Å². The number of thioether (sulfide) groups is 1. The highest BCUT2D eigenvalue weighted by molar-refractivity contribution is 8.01. The second-order valence-electron chi connectivity index (χ2n) is 5.02. The first-order valence-electron chi connectivity index (χ1n) is 6.92. The first-order valence-corrected chi connectivity index (χ1v) is 10.6. The maximum Gasteiger partial charge on any atom is 0.311 e. The van der Waals surface area contributed by atoms with E-state index in [9.17, 15) is 13.2 Å². The van der Waals surface area contributed by atoms with Crippen LogP contribution in [0, 0.1) is 5.92 Å². The van der Waals surface area contributed by atoms with Gasteiger partial charge in [0.1, 0.15) is 4.34 Å². The van der Waals surface area contributed by atoms with E-state index in [-0.39, 0.29) is 18.3 Å². The monoisotopic (exact) mass is 349 g/mol. The van der Waals surface area contributed by atoms with E-state index < -0.39 is 9.84 Å². The number of esters is 1. The molecular weight excluding hydrogens is 330 g/mol. The number of sulfone groups is 1. The Hall–Kier alpha value is -0.600. The van der Waals surface area contributed by atoms with Gasteiger partial charge in [-0.15, -0.1) is 11.3 Å². The quantitative estimate of drug-likeness (QED) is 0.579. The molecule has 21 heavy (non-hydrogen) atoms. The van der Waals surface area contributed by atoms with Crippen molar-refractivity contribution in [1.29, 1.82) is 0 Å². The largest absolute Gasteiger partial charge is 0.466 e. The summed E-state index contributed by atoms with van der Waals surface area (Å²) < 4.78 is 28.9. The summed E-state index contributed by atoms with van der Waals surface area (Å²) in [6.07, 6.45) is 1.93. The fraction of sp³-hybridized carbons (Fsp3) is 0.692. The van der Waals surface area contributed by atoms with Crippen LogP contribution in [0.3, 0.4) is 0 Å². The van der Waals surface area contributed by atoms with Crippen molar-refractivity contribution in [3.05, 3.63) is 11.1 Å². The van der Waals surface area contributed by atoms with Gasteiger partial charge in [-0.05, 0) is 25.7 Å². The molecule has 1 aliphatic heterocycles. The van der Waals surface area contributed by atoms with Gasteiger partial charge in [-0.1, -0.05) is 11.8 Å². The number of thiazole rings is 1. The average molecular weight is 349 g/mol. The van der Waals surface area contributed by atoms with Gasteiger partial charge in [-0.2, -0.15) is 0 Å². The summed E-state index contributed by atoms with van der Waals surface area (Å²) in [6.45, 7) is 2.15. The van der Waals surface area contributed by atoms with E-state index in [4.69, 9.17) is 4.74 Å². The summed E-state index contributed by atoms with van der Waals surface area (Å²) in [6, 6.07) is 0. The standard InChI is InChI=1S/C13H19NO4S3/c1-2-18-12(15)6-11-8-20-13(14-11)19-7-10-4-3-5-21(16,17)9-10/h8,10H,2-7,9H2,1H3/t10-/m0/s1. The van der Waals surface area contributed by atoms with E-state index in [0.717, 1.165) is 28.6 Å². The lowest BCUT2D eigenvalue weighted by Gasteiger charge is -2.20. The second kappa shape index (κ2) is 7.60. The molecule has 0 bridgehead atoms. The van der Waals surface area contributed by atoms with Crippen LogP contribution < -0.4 is 0 Å². The van der Waals surface area contributed by atoms with Crippen LogP contribution >= 0.6 is 23.1 Å². The molecule has 0 aromatic carbocycles. The van der Waals surface area contributed by atoms with Gasteiger partial charge < -0.3 is 4.74 Å². The highest BCUT2D eigenvalue weighted by Crippen LogP contribution is 2.29. The topological polar surface area (TPSA) is 73.3 Å². The number of carbonyl (C=O) groups excluding carboxylic acids is 1. The smallest absolute Gasteiger partial charge is 0.311 e. The molecule has 8 heteroatoms. The maximum atomic E-state index is 11.6. The minimum atomic E-state index is -2.84. The molecule has 0 radical (unpaired) electrons. The minimum Gasteiger partial charge on any atom is -0.466 e. The molecule has 2 rings (SSSR count). The van der Waals surface area contributed by atoms with Gasteiger partial charge in [0, 0.05) is 11.1 Å². The van der Waals surface area contributed by atoms with Crippen LogP contribution in [0.5, 0.6) is 0 Å². The Bertz CT molecular complexity index is 582. The number of nitrogens with zero attached hydrogens (tertiary/aromatic N) is 1. The number of ether oxygens (including phenoxy) is 1. The molecule has 0 N–H and O–H groups in total. The SMILES string of the molecule is CCOC(=O)Cc1csc(SC[C@@H]2CCCS(=O)(=O)C2)n1. The first kappa shape index (κ1) is 16.8. The number of hydrogen-bond acceptors (Lipinski definition) is 7. The van der Waals surface area contributed by atoms with Crippen molar-refractivity contribution in [2.45, 2.75) is 30.5 Å². The summed E-state index contributed by atoms with van der Waals surface area (Å²) in [5.41, 5.74) is 0.720. The van der Waals surface area contributed by atoms with Gasteiger partial charge in [-0.25, -0.2) is 13.4 Å². The lowest BCUT2D eigenvalue weighted by molar-refractivity contribution is -0.142. The Kier molecular flexibility index (Phi) is 6.07. The van der Waals surface area contributed by atoms with Crippen LogP contribution in [-0.4, -0.2) is 43.2 Å². The highest BCUT2D eigenvalue weighted by atomic mass is 32.2. The Morgan fingerprint density at radius 3 is 3.10 bits per heavy atom. The fourth-order valence-electron chi connectivity index (χ4n) is 2.23. The van der Waals surface area contributed by atoms with Crippen LogP contribution in [0.1, 0.15) is 25.5 Å². The number of aromatic nitrogens is 1. The third-order valence-corrected chi connectivity index (χ3v) is 7.35. The molecule has 1 aromatic heterocycles. The molecule has 0 spiro atoms. The molecule has 5 nitrogen and oxygen atoms in total. The molecule has 1 aliphatic rings. The van der Waals surface area contributed by atoms with Crippen LogP contribution in [0.15, 0.2) is 9.72 Å². The van der Waals surface area contributed by atoms with E-state index in [0.29, 0.717) is 18.1 Å². The predicted octanol–water partition coefficient (Wildman–Crippen LogP) is 2.17. The summed E-state index contributed by atoms with van der Waals surface area (Å²) in [7, 11) is -2.84. The predicted molar refractivity (Wildman–Crippen MR) is 84.6 cm³/mol. The Morgan fingerprint density at radius 2 is 2.38 bits per heavy atom. The molecule has 0 amide bonds. The zero-order chi connectivity index (χ0) is 15.3. The molecule has 0 saturated carbocycles. The Balaban J connectivity index is 1.81. The summed E-state index contributed by atoms with van der Waals surface area (Å²) in [5.74, 6) is 1.34. The molecule has 0 unspecified atom stereocenters. The third-order valence-electron chi connectivity index (χ3n) is 3.16. The summed E-state index contributed by atoms with van der Waals surface area (Å²) in [5, 5.41) is 1.86. The molecule has 0 aliphatic carbocycles. The second-order valence-corrected chi connectivity index (χ2v) is 9.37. The van der Waals surface area contributed by atoms with Crippen molar-refractivity contribution in [2.75, 3.05) is 23.9 Å². The van der Waals surface area contributed by atoms with Crippen molar-refractivity contribution >= 4 is 38.9 Å². The summed E-state index contributed by atoms with van der Waals surface area (Å²) in [4.78, 5) is 15.8. The highest BCUT2D eigenvalue weighted by Gasteiger charge is 2.25. The third kappa shape index (κ3) is 5.60. The molecule has 1 fully saturated rings. The van der Waals surface area contributed by atoms with Crippen molar-refractivity contribution in [1.82, 2.24) is 4.98 Å². The first-order chi connectivity index (χ1) is 9.98. The van der Waals surface area contributed by atoms with E-state index in [1.54, 1.807) is 18.7 Å². The van der Waals surface area contributed by atoms with Crippen molar-refractivity contribution in [3.8, 4) is 0 Å². The number of hydrogen-bond donors (Lipinski definition) is 0. The fourth-order valence-corrected chi connectivity index (χ4v) is 6.17. The van der Waals surface area contributed by atoms with Gasteiger partial charge in [-0.3, -0.25) is 4.79 Å². The zero-order valence-corrected chi connectivity index (χ0v) is 14.4. The number of carbonyl (C=O) groups is 1. The number of rotatable bonds is 6. The van der Waals surface area contributed by atoms with Crippen LogP contribution in [0.2, 0.25) is 0 Å². The van der Waals surface area contributed by atoms with Gasteiger partial charge in [0.2, 0.25) is 0 Å². The Labute approximate surface area is 133 Å². The van der Waals surface area contributed by atoms with Crippen molar-refractivity contribution in [2.24, 2.45) is 5.92 Å². The van der Waals surface area contributed by atoms with Crippen LogP contribution in [0.4, 0.5) is 0 Å². The van der Waals surface area contributed by atoms with E-state index in [1.165, 1.54) is 11.3 Å². The van der Waals surface area contributed by atoms with Crippen molar-refractivity contribution < 1.29 is 17.9 Å². The van der Waals surface area contributed by atoms with Crippen LogP contribution in [0.25, 0.3) is 0 Å². The molecule has 2 heterocycles. The normalized spacial score (nSPS) is 21.1. The van der Waals surface area contributed by atoms with Gasteiger partial charge in [0.15, 0.2) is 9.84 Å². The lowest BCUT2D eigenvalue weighted by atomic mass is 10.1. The van der Waals surface area contributed by atoms with Crippen LogP contribution in [-0.2, 0) is 25.8 Å². The van der Waals surface area contributed by atoms with Gasteiger partial charge in [0.25, 0.3) is 0 Å². The van der Waals surface area contributed by atoms with E-state index in [2.05, 4.69) is 4.98 Å².